The van der Waals surface area contributed by atoms with Crippen LogP contribution >= 0.6 is 0 Å². The summed E-state index contributed by atoms with van der Waals surface area (Å²) in [4.78, 5) is 11.8. The van der Waals surface area contributed by atoms with Gasteiger partial charge in [-0.1, -0.05) is 6.07 Å². The van der Waals surface area contributed by atoms with E-state index in [1.165, 1.54) is 0 Å². The zero-order valence-electron chi connectivity index (χ0n) is 13.0. The fourth-order valence-electron chi connectivity index (χ4n) is 2.69. The Labute approximate surface area is 126 Å². The SMILES string of the molecule is CNC(=O)c1cccc(NC(C)CC2COCCN2)c1C. The highest BCUT2D eigenvalue weighted by Gasteiger charge is 2.17. The van der Waals surface area contributed by atoms with E-state index in [1.54, 1.807) is 7.05 Å². The van der Waals surface area contributed by atoms with Crippen LogP contribution in [0, 0.1) is 6.92 Å². The number of amides is 1. The van der Waals surface area contributed by atoms with E-state index in [-0.39, 0.29) is 5.91 Å². The number of ether oxygens (including phenoxy) is 1. The van der Waals surface area contributed by atoms with Gasteiger partial charge in [0.05, 0.1) is 13.2 Å². The van der Waals surface area contributed by atoms with Gasteiger partial charge < -0.3 is 20.7 Å². The van der Waals surface area contributed by atoms with E-state index in [4.69, 9.17) is 4.74 Å². The molecule has 1 amide bonds. The van der Waals surface area contributed by atoms with Crippen LogP contribution in [0.3, 0.4) is 0 Å². The van der Waals surface area contributed by atoms with Crippen molar-refractivity contribution in [1.82, 2.24) is 10.6 Å². The van der Waals surface area contributed by atoms with Gasteiger partial charge in [-0.2, -0.15) is 0 Å². The van der Waals surface area contributed by atoms with Crippen LogP contribution in [0.2, 0.25) is 0 Å². The van der Waals surface area contributed by atoms with Crippen molar-refractivity contribution in [2.75, 3.05) is 32.1 Å². The molecule has 0 spiro atoms. The lowest BCUT2D eigenvalue weighted by Crippen LogP contribution is -2.43. The fourth-order valence-corrected chi connectivity index (χ4v) is 2.69. The van der Waals surface area contributed by atoms with Gasteiger partial charge in [-0.15, -0.1) is 0 Å². The first-order chi connectivity index (χ1) is 10.1. The fraction of sp³-hybridized carbons (Fsp3) is 0.562. The molecular weight excluding hydrogens is 266 g/mol. The minimum absolute atomic E-state index is 0.0499. The quantitative estimate of drug-likeness (QED) is 0.770. The van der Waals surface area contributed by atoms with Crippen molar-refractivity contribution in [2.45, 2.75) is 32.4 Å². The summed E-state index contributed by atoms with van der Waals surface area (Å²) in [5, 5.41) is 9.64. The molecule has 0 radical (unpaired) electrons. The van der Waals surface area contributed by atoms with Crippen LogP contribution in [0.25, 0.3) is 0 Å². The van der Waals surface area contributed by atoms with Crippen LogP contribution in [0.15, 0.2) is 18.2 Å². The number of carbonyl (C=O) groups is 1. The normalized spacial score (nSPS) is 19.9. The summed E-state index contributed by atoms with van der Waals surface area (Å²) < 4.78 is 5.48. The third-order valence-electron chi connectivity index (χ3n) is 3.84. The van der Waals surface area contributed by atoms with Crippen LogP contribution in [0.5, 0.6) is 0 Å². The average Bonchev–Trinajstić information content (AvgIpc) is 2.49. The van der Waals surface area contributed by atoms with E-state index in [0.717, 1.165) is 37.4 Å². The molecule has 21 heavy (non-hydrogen) atoms. The molecule has 0 aliphatic carbocycles. The molecule has 0 saturated carbocycles. The van der Waals surface area contributed by atoms with E-state index >= 15 is 0 Å². The molecule has 2 rings (SSSR count). The highest BCUT2D eigenvalue weighted by atomic mass is 16.5. The molecule has 1 aromatic rings. The molecule has 0 bridgehead atoms. The van der Waals surface area contributed by atoms with E-state index in [9.17, 15) is 4.79 Å². The molecule has 1 aliphatic heterocycles. The van der Waals surface area contributed by atoms with Crippen molar-refractivity contribution >= 4 is 11.6 Å². The van der Waals surface area contributed by atoms with Crippen molar-refractivity contribution in [3.05, 3.63) is 29.3 Å². The maximum atomic E-state index is 11.8. The van der Waals surface area contributed by atoms with Crippen molar-refractivity contribution in [3.63, 3.8) is 0 Å². The lowest BCUT2D eigenvalue weighted by molar-refractivity contribution is 0.0731. The van der Waals surface area contributed by atoms with Crippen molar-refractivity contribution in [1.29, 1.82) is 0 Å². The van der Waals surface area contributed by atoms with E-state index in [0.29, 0.717) is 17.6 Å². The molecule has 5 nitrogen and oxygen atoms in total. The predicted octanol–water partition coefficient (Wildman–Crippen LogP) is 1.53. The Morgan fingerprint density at radius 2 is 2.33 bits per heavy atom. The zero-order valence-corrected chi connectivity index (χ0v) is 13.0. The number of morpholine rings is 1. The predicted molar refractivity (Wildman–Crippen MR) is 84.9 cm³/mol. The third-order valence-corrected chi connectivity index (χ3v) is 3.84. The van der Waals surface area contributed by atoms with Gasteiger partial charge in [0.15, 0.2) is 0 Å². The van der Waals surface area contributed by atoms with Gasteiger partial charge >= 0.3 is 0 Å². The van der Waals surface area contributed by atoms with E-state index in [1.807, 2.05) is 25.1 Å². The Bertz CT molecular complexity index is 484. The van der Waals surface area contributed by atoms with Crippen molar-refractivity contribution < 1.29 is 9.53 Å². The molecule has 5 heteroatoms. The number of hydrogen-bond donors (Lipinski definition) is 3. The molecule has 0 aromatic heterocycles. The topological polar surface area (TPSA) is 62.4 Å². The summed E-state index contributed by atoms with van der Waals surface area (Å²) in [6.45, 7) is 6.61. The Morgan fingerprint density at radius 1 is 1.52 bits per heavy atom. The first-order valence-corrected chi connectivity index (χ1v) is 7.51. The Morgan fingerprint density at radius 3 is 3.00 bits per heavy atom. The second kappa shape index (κ2) is 7.43. The number of rotatable bonds is 5. The minimum atomic E-state index is -0.0499. The van der Waals surface area contributed by atoms with Crippen molar-refractivity contribution in [3.8, 4) is 0 Å². The van der Waals surface area contributed by atoms with Crippen LogP contribution in [-0.4, -0.2) is 44.8 Å². The lowest BCUT2D eigenvalue weighted by atomic mass is 10.0. The minimum Gasteiger partial charge on any atom is -0.382 e. The van der Waals surface area contributed by atoms with Crippen LogP contribution < -0.4 is 16.0 Å². The molecule has 1 heterocycles. The molecule has 1 fully saturated rings. The van der Waals surface area contributed by atoms with Gasteiger partial charge in [0.25, 0.3) is 5.91 Å². The first-order valence-electron chi connectivity index (χ1n) is 7.51. The van der Waals surface area contributed by atoms with Gasteiger partial charge in [-0.25, -0.2) is 0 Å². The van der Waals surface area contributed by atoms with Crippen molar-refractivity contribution in [2.24, 2.45) is 0 Å². The number of carbonyl (C=O) groups excluding carboxylic acids is 1. The van der Waals surface area contributed by atoms with Crippen LogP contribution in [0.1, 0.15) is 29.3 Å². The largest absolute Gasteiger partial charge is 0.382 e. The summed E-state index contributed by atoms with van der Waals surface area (Å²) >= 11 is 0. The second-order valence-corrected chi connectivity index (χ2v) is 5.56. The Hall–Kier alpha value is -1.59. The van der Waals surface area contributed by atoms with Gasteiger partial charge in [-0.3, -0.25) is 4.79 Å². The Balaban J connectivity index is 1.99. The van der Waals surface area contributed by atoms with E-state index in [2.05, 4.69) is 22.9 Å². The van der Waals surface area contributed by atoms with Crippen LogP contribution in [0.4, 0.5) is 5.69 Å². The smallest absolute Gasteiger partial charge is 0.251 e. The molecule has 2 atom stereocenters. The maximum Gasteiger partial charge on any atom is 0.251 e. The molecule has 3 N–H and O–H groups in total. The molecule has 2 unspecified atom stereocenters. The van der Waals surface area contributed by atoms with E-state index < -0.39 is 0 Å². The average molecular weight is 291 g/mol. The van der Waals surface area contributed by atoms with Gasteiger partial charge in [0.1, 0.15) is 0 Å². The molecule has 1 aliphatic rings. The monoisotopic (exact) mass is 291 g/mol. The summed E-state index contributed by atoms with van der Waals surface area (Å²) in [6, 6.07) is 6.48. The number of benzene rings is 1. The number of nitrogens with one attached hydrogen (secondary N) is 3. The standard InChI is InChI=1S/C16H25N3O2/c1-11(9-13-10-21-8-7-18-13)19-15-6-4-5-14(12(15)2)16(20)17-3/h4-6,11,13,18-19H,7-10H2,1-3H3,(H,17,20). The summed E-state index contributed by atoms with van der Waals surface area (Å²) in [6.07, 6.45) is 0.990. The number of hydrogen-bond acceptors (Lipinski definition) is 4. The number of anilines is 1. The van der Waals surface area contributed by atoms with Gasteiger partial charge in [0.2, 0.25) is 0 Å². The van der Waals surface area contributed by atoms with Crippen LogP contribution in [-0.2, 0) is 4.74 Å². The second-order valence-electron chi connectivity index (χ2n) is 5.56. The molecule has 1 saturated heterocycles. The molecule has 1 aromatic carbocycles. The highest BCUT2D eigenvalue weighted by molar-refractivity contribution is 5.96. The highest BCUT2D eigenvalue weighted by Crippen LogP contribution is 2.20. The lowest BCUT2D eigenvalue weighted by Gasteiger charge is -2.27. The summed E-state index contributed by atoms with van der Waals surface area (Å²) in [7, 11) is 1.65. The summed E-state index contributed by atoms with van der Waals surface area (Å²) in [5.41, 5.74) is 2.71. The van der Waals surface area contributed by atoms with Gasteiger partial charge in [-0.05, 0) is 38.0 Å². The molecular formula is C16H25N3O2. The zero-order chi connectivity index (χ0) is 15.2. The third kappa shape index (κ3) is 4.19. The van der Waals surface area contributed by atoms with Gasteiger partial charge in [0, 0.05) is 36.9 Å². The first kappa shape index (κ1) is 15.8. The Kier molecular flexibility index (Phi) is 5.59. The summed E-state index contributed by atoms with van der Waals surface area (Å²) in [5.74, 6) is -0.0499. The molecule has 116 valence electrons. The maximum absolute atomic E-state index is 11.8.